The van der Waals surface area contributed by atoms with Crippen molar-refractivity contribution in [3.05, 3.63) is 42.0 Å². The van der Waals surface area contributed by atoms with Crippen LogP contribution in [-0.2, 0) is 14.8 Å². The van der Waals surface area contributed by atoms with Gasteiger partial charge in [-0.15, -0.1) is 0 Å². The summed E-state index contributed by atoms with van der Waals surface area (Å²) in [5, 5.41) is 5.33. The lowest BCUT2D eigenvalue weighted by atomic mass is 10.1. The molecule has 0 saturated heterocycles. The van der Waals surface area contributed by atoms with Crippen LogP contribution < -0.4 is 24.8 Å². The summed E-state index contributed by atoms with van der Waals surface area (Å²) in [5.41, 5.74) is 0.990. The number of sulfonamides is 1. The third-order valence-corrected chi connectivity index (χ3v) is 5.63. The summed E-state index contributed by atoms with van der Waals surface area (Å²) in [5.74, 6) is -0.280. The predicted octanol–water partition coefficient (Wildman–Crippen LogP) is 3.31. The number of benzene rings is 2. The van der Waals surface area contributed by atoms with Crippen molar-refractivity contribution in [3.8, 4) is 11.5 Å². The predicted molar refractivity (Wildman–Crippen MR) is 116 cm³/mol. The SMILES string of the molecule is CC(=O)Nc1ccc(NS(C)(=O)=O)c(C(=O)Nc2ccc3c(c2)OC2(CCCC2)O3)c1. The molecular weight excluding hydrogens is 422 g/mol. The number of hydrogen-bond donors (Lipinski definition) is 3. The van der Waals surface area contributed by atoms with Crippen LogP contribution in [0.5, 0.6) is 11.5 Å². The van der Waals surface area contributed by atoms with Crippen LogP contribution in [0.1, 0.15) is 43.0 Å². The summed E-state index contributed by atoms with van der Waals surface area (Å²) in [6.07, 6.45) is 4.71. The van der Waals surface area contributed by atoms with Gasteiger partial charge >= 0.3 is 0 Å². The highest BCUT2D eigenvalue weighted by Gasteiger charge is 2.44. The van der Waals surface area contributed by atoms with Crippen LogP contribution in [-0.4, -0.2) is 32.3 Å². The maximum absolute atomic E-state index is 13.0. The molecule has 3 N–H and O–H groups in total. The topological polar surface area (TPSA) is 123 Å². The van der Waals surface area contributed by atoms with Crippen LogP contribution >= 0.6 is 0 Å². The molecular formula is C21H23N3O6S. The van der Waals surface area contributed by atoms with E-state index in [2.05, 4.69) is 15.4 Å². The number of fused-ring (bicyclic) bond motifs is 1. The van der Waals surface area contributed by atoms with Crippen LogP contribution in [0.4, 0.5) is 17.1 Å². The smallest absolute Gasteiger partial charge is 0.257 e. The second-order valence-corrected chi connectivity index (χ2v) is 9.50. The van der Waals surface area contributed by atoms with Gasteiger partial charge in [0.05, 0.1) is 17.5 Å². The van der Waals surface area contributed by atoms with E-state index in [1.54, 1.807) is 18.2 Å². The molecule has 0 unspecified atom stereocenters. The standard InChI is InChI=1S/C21H23N3O6S/c1-13(25)22-14-5-7-17(24-31(2,27)28)16(11-14)20(26)23-15-6-8-18-19(12-15)30-21(29-18)9-3-4-10-21/h5-8,11-12,24H,3-4,9-10H2,1-2H3,(H,22,25)(H,23,26). The van der Waals surface area contributed by atoms with Crippen molar-refractivity contribution in [1.29, 1.82) is 0 Å². The lowest BCUT2D eigenvalue weighted by Crippen LogP contribution is -2.34. The zero-order chi connectivity index (χ0) is 22.2. The third kappa shape index (κ3) is 4.74. The molecule has 2 aliphatic rings. The Balaban J connectivity index is 1.59. The number of carbonyl (C=O) groups is 2. The van der Waals surface area contributed by atoms with E-state index in [1.165, 1.54) is 25.1 Å². The summed E-state index contributed by atoms with van der Waals surface area (Å²) >= 11 is 0. The van der Waals surface area contributed by atoms with Gasteiger partial charge in [-0.25, -0.2) is 8.42 Å². The molecule has 4 rings (SSSR count). The molecule has 1 aliphatic carbocycles. The summed E-state index contributed by atoms with van der Waals surface area (Å²) in [7, 11) is -3.62. The Morgan fingerprint density at radius 1 is 0.935 bits per heavy atom. The number of nitrogens with one attached hydrogen (secondary N) is 3. The van der Waals surface area contributed by atoms with Crippen LogP contribution in [0.15, 0.2) is 36.4 Å². The Bertz CT molecular complexity index is 1160. The second kappa shape index (κ2) is 7.77. The molecule has 2 amide bonds. The van der Waals surface area contributed by atoms with E-state index in [0.29, 0.717) is 22.9 Å². The fourth-order valence-corrected chi connectivity index (χ4v) is 4.37. The first-order chi connectivity index (χ1) is 14.6. The van der Waals surface area contributed by atoms with Crippen molar-refractivity contribution in [1.82, 2.24) is 0 Å². The molecule has 1 aliphatic heterocycles. The van der Waals surface area contributed by atoms with Gasteiger partial charge in [-0.05, 0) is 43.2 Å². The molecule has 164 valence electrons. The monoisotopic (exact) mass is 445 g/mol. The van der Waals surface area contributed by atoms with Crippen LogP contribution in [0.25, 0.3) is 0 Å². The molecule has 0 aromatic heterocycles. The maximum Gasteiger partial charge on any atom is 0.257 e. The van der Waals surface area contributed by atoms with Gasteiger partial charge in [-0.2, -0.15) is 0 Å². The van der Waals surface area contributed by atoms with Gasteiger partial charge in [0, 0.05) is 37.2 Å². The first-order valence-electron chi connectivity index (χ1n) is 9.85. The molecule has 1 saturated carbocycles. The molecule has 31 heavy (non-hydrogen) atoms. The van der Waals surface area contributed by atoms with E-state index < -0.39 is 21.7 Å². The number of hydrogen-bond acceptors (Lipinski definition) is 6. The fraction of sp³-hybridized carbons (Fsp3) is 0.333. The quantitative estimate of drug-likeness (QED) is 0.649. The molecule has 2 aromatic carbocycles. The molecule has 10 heteroatoms. The molecule has 1 spiro atoms. The maximum atomic E-state index is 13.0. The minimum atomic E-state index is -3.62. The van der Waals surface area contributed by atoms with Crippen molar-refractivity contribution in [2.45, 2.75) is 38.4 Å². The largest absolute Gasteiger partial charge is 0.448 e. The first kappa shape index (κ1) is 21.0. The van der Waals surface area contributed by atoms with Crippen LogP contribution in [0, 0.1) is 0 Å². The Hall–Kier alpha value is -3.27. The van der Waals surface area contributed by atoms with Crippen molar-refractivity contribution >= 4 is 38.9 Å². The minimum Gasteiger partial charge on any atom is -0.448 e. The van der Waals surface area contributed by atoms with E-state index in [0.717, 1.165) is 31.9 Å². The summed E-state index contributed by atoms with van der Waals surface area (Å²) in [4.78, 5) is 24.3. The van der Waals surface area contributed by atoms with Crippen molar-refractivity contribution in [3.63, 3.8) is 0 Å². The van der Waals surface area contributed by atoms with Gasteiger partial charge < -0.3 is 20.1 Å². The van der Waals surface area contributed by atoms with Crippen molar-refractivity contribution in [2.24, 2.45) is 0 Å². The Morgan fingerprint density at radius 2 is 1.58 bits per heavy atom. The van der Waals surface area contributed by atoms with Gasteiger partial charge in [-0.1, -0.05) is 0 Å². The molecule has 9 nitrogen and oxygen atoms in total. The average Bonchev–Trinajstić information content (AvgIpc) is 3.27. The van der Waals surface area contributed by atoms with Crippen molar-refractivity contribution in [2.75, 3.05) is 21.6 Å². The highest BCUT2D eigenvalue weighted by molar-refractivity contribution is 7.92. The number of anilines is 3. The molecule has 0 atom stereocenters. The molecule has 1 fully saturated rings. The zero-order valence-electron chi connectivity index (χ0n) is 17.2. The van der Waals surface area contributed by atoms with Gasteiger partial charge in [-0.3, -0.25) is 14.3 Å². The highest BCUT2D eigenvalue weighted by Crippen LogP contribution is 2.47. The van der Waals surface area contributed by atoms with E-state index in [-0.39, 0.29) is 17.2 Å². The van der Waals surface area contributed by atoms with Gasteiger partial charge in [0.2, 0.25) is 15.9 Å². The number of ether oxygens (including phenoxy) is 2. The Morgan fingerprint density at radius 3 is 2.26 bits per heavy atom. The number of carbonyl (C=O) groups excluding carboxylic acids is 2. The fourth-order valence-electron chi connectivity index (χ4n) is 3.79. The van der Waals surface area contributed by atoms with E-state index in [9.17, 15) is 18.0 Å². The van der Waals surface area contributed by atoms with Crippen molar-refractivity contribution < 1.29 is 27.5 Å². The number of amides is 2. The second-order valence-electron chi connectivity index (χ2n) is 7.75. The molecule has 0 bridgehead atoms. The molecule has 0 radical (unpaired) electrons. The van der Waals surface area contributed by atoms with Gasteiger partial charge in [0.15, 0.2) is 11.5 Å². The number of rotatable bonds is 5. The minimum absolute atomic E-state index is 0.0570. The van der Waals surface area contributed by atoms with E-state index in [1.807, 2.05) is 0 Å². The van der Waals surface area contributed by atoms with Crippen LogP contribution in [0.2, 0.25) is 0 Å². The normalized spacial score (nSPS) is 16.2. The lowest BCUT2D eigenvalue weighted by Gasteiger charge is -2.21. The Kier molecular flexibility index (Phi) is 5.26. The first-order valence-corrected chi connectivity index (χ1v) is 11.7. The molecule has 2 aromatic rings. The highest BCUT2D eigenvalue weighted by atomic mass is 32.2. The third-order valence-electron chi connectivity index (χ3n) is 5.04. The summed E-state index contributed by atoms with van der Waals surface area (Å²) < 4.78 is 37.7. The Labute approximate surface area is 180 Å². The lowest BCUT2D eigenvalue weighted by molar-refractivity contribution is -0.114. The van der Waals surface area contributed by atoms with E-state index in [4.69, 9.17) is 9.47 Å². The van der Waals surface area contributed by atoms with Gasteiger partial charge in [0.25, 0.3) is 11.7 Å². The molecule has 1 heterocycles. The zero-order valence-corrected chi connectivity index (χ0v) is 18.0. The average molecular weight is 445 g/mol. The summed E-state index contributed by atoms with van der Waals surface area (Å²) in [6.45, 7) is 1.34. The van der Waals surface area contributed by atoms with Crippen LogP contribution in [0.3, 0.4) is 0 Å². The van der Waals surface area contributed by atoms with Gasteiger partial charge in [0.1, 0.15) is 0 Å². The van der Waals surface area contributed by atoms with E-state index >= 15 is 0 Å². The summed E-state index contributed by atoms with van der Waals surface area (Å²) in [6, 6.07) is 9.45.